The maximum Gasteiger partial charge on any atom is 0.0317 e. The first kappa shape index (κ1) is 7.66. The molecule has 2 rings (SSSR count). The van der Waals surface area contributed by atoms with E-state index in [1.165, 1.54) is 30.4 Å². The first-order valence-electron chi connectivity index (χ1n) is 4.69. The summed E-state index contributed by atoms with van der Waals surface area (Å²) in [5.74, 6) is 0.767. The molecule has 0 radical (unpaired) electrons. The Morgan fingerprint density at radius 1 is 1.50 bits per heavy atom. The number of benzene rings is 1. The third kappa shape index (κ3) is 1.09. The standard InChI is InChI=1S/C11H15N/c1-2-8-3-4-9-5-6-10(12)7-11(8)9/h5-8H,2-4,12H2,1H3. The van der Waals surface area contributed by atoms with Gasteiger partial charge < -0.3 is 5.73 Å². The van der Waals surface area contributed by atoms with E-state index in [0.29, 0.717) is 0 Å². The summed E-state index contributed by atoms with van der Waals surface area (Å²) in [5.41, 5.74) is 9.67. The first-order chi connectivity index (χ1) is 5.81. The SMILES string of the molecule is CCC1CCc2ccc(N)cc21. The Hall–Kier alpha value is -0.980. The summed E-state index contributed by atoms with van der Waals surface area (Å²) in [4.78, 5) is 0. The predicted molar refractivity (Wildman–Crippen MR) is 52.2 cm³/mol. The molecule has 1 aromatic carbocycles. The number of nitrogen functional groups attached to an aromatic ring is 1. The Balaban J connectivity index is 2.42. The van der Waals surface area contributed by atoms with Crippen molar-refractivity contribution in [2.75, 3.05) is 5.73 Å². The van der Waals surface area contributed by atoms with Gasteiger partial charge in [-0.2, -0.15) is 0 Å². The van der Waals surface area contributed by atoms with Gasteiger partial charge in [0.05, 0.1) is 0 Å². The van der Waals surface area contributed by atoms with E-state index in [-0.39, 0.29) is 0 Å². The number of hydrogen-bond acceptors (Lipinski definition) is 1. The molecule has 1 nitrogen and oxygen atoms in total. The van der Waals surface area contributed by atoms with E-state index in [4.69, 9.17) is 5.73 Å². The van der Waals surface area contributed by atoms with Crippen LogP contribution in [0, 0.1) is 0 Å². The Morgan fingerprint density at radius 2 is 2.33 bits per heavy atom. The van der Waals surface area contributed by atoms with Crippen molar-refractivity contribution in [3.05, 3.63) is 29.3 Å². The highest BCUT2D eigenvalue weighted by Gasteiger charge is 2.20. The molecule has 64 valence electrons. The molecule has 0 aliphatic heterocycles. The second-order valence-corrected chi connectivity index (χ2v) is 3.60. The van der Waals surface area contributed by atoms with Gasteiger partial charge in [0.15, 0.2) is 0 Å². The van der Waals surface area contributed by atoms with Gasteiger partial charge in [0.1, 0.15) is 0 Å². The van der Waals surface area contributed by atoms with Crippen LogP contribution >= 0.6 is 0 Å². The van der Waals surface area contributed by atoms with Crippen molar-refractivity contribution in [2.24, 2.45) is 0 Å². The summed E-state index contributed by atoms with van der Waals surface area (Å²) in [5, 5.41) is 0. The van der Waals surface area contributed by atoms with Gasteiger partial charge in [-0.25, -0.2) is 0 Å². The molecule has 1 aliphatic carbocycles. The molecule has 0 amide bonds. The third-order valence-corrected chi connectivity index (χ3v) is 2.86. The van der Waals surface area contributed by atoms with Crippen LogP contribution in [0.2, 0.25) is 0 Å². The summed E-state index contributed by atoms with van der Waals surface area (Å²) in [6.45, 7) is 2.25. The quantitative estimate of drug-likeness (QED) is 0.630. The fourth-order valence-electron chi connectivity index (χ4n) is 2.13. The van der Waals surface area contributed by atoms with Gasteiger partial charge in [0.25, 0.3) is 0 Å². The van der Waals surface area contributed by atoms with Gasteiger partial charge in [-0.05, 0) is 48.4 Å². The van der Waals surface area contributed by atoms with Crippen LogP contribution < -0.4 is 5.73 Å². The molecule has 2 N–H and O–H groups in total. The lowest BCUT2D eigenvalue weighted by Crippen LogP contribution is -1.92. The normalized spacial score (nSPS) is 20.9. The minimum atomic E-state index is 0.767. The largest absolute Gasteiger partial charge is 0.399 e. The smallest absolute Gasteiger partial charge is 0.0317 e. The summed E-state index contributed by atoms with van der Waals surface area (Å²) in [6.07, 6.45) is 3.81. The average Bonchev–Trinajstić information content (AvgIpc) is 2.46. The molecule has 1 heteroatoms. The molecular weight excluding hydrogens is 146 g/mol. The molecule has 0 spiro atoms. The molecule has 12 heavy (non-hydrogen) atoms. The van der Waals surface area contributed by atoms with E-state index in [0.717, 1.165) is 11.6 Å². The van der Waals surface area contributed by atoms with E-state index in [9.17, 15) is 0 Å². The van der Waals surface area contributed by atoms with Gasteiger partial charge in [-0.15, -0.1) is 0 Å². The highest BCUT2D eigenvalue weighted by molar-refractivity contribution is 5.48. The van der Waals surface area contributed by atoms with Crippen LogP contribution in [0.15, 0.2) is 18.2 Å². The van der Waals surface area contributed by atoms with Crippen LogP contribution in [0.25, 0.3) is 0 Å². The number of fused-ring (bicyclic) bond motifs is 1. The molecule has 1 unspecified atom stereocenters. The van der Waals surface area contributed by atoms with Crippen LogP contribution in [0.4, 0.5) is 5.69 Å². The maximum absolute atomic E-state index is 5.75. The van der Waals surface area contributed by atoms with Crippen molar-refractivity contribution in [2.45, 2.75) is 32.1 Å². The molecule has 0 bridgehead atoms. The van der Waals surface area contributed by atoms with Crippen LogP contribution in [-0.4, -0.2) is 0 Å². The molecule has 1 aromatic rings. The van der Waals surface area contributed by atoms with Crippen molar-refractivity contribution in [3.63, 3.8) is 0 Å². The lowest BCUT2D eigenvalue weighted by molar-refractivity contribution is 0.656. The zero-order valence-corrected chi connectivity index (χ0v) is 7.51. The number of aryl methyl sites for hydroxylation is 1. The minimum Gasteiger partial charge on any atom is -0.399 e. The highest BCUT2D eigenvalue weighted by atomic mass is 14.5. The van der Waals surface area contributed by atoms with E-state index in [2.05, 4.69) is 19.1 Å². The molecule has 0 heterocycles. The van der Waals surface area contributed by atoms with Crippen LogP contribution in [0.5, 0.6) is 0 Å². The monoisotopic (exact) mass is 161 g/mol. The van der Waals surface area contributed by atoms with Gasteiger partial charge in [0, 0.05) is 5.69 Å². The Morgan fingerprint density at radius 3 is 3.08 bits per heavy atom. The van der Waals surface area contributed by atoms with Crippen LogP contribution in [0.3, 0.4) is 0 Å². The third-order valence-electron chi connectivity index (χ3n) is 2.86. The lowest BCUT2D eigenvalue weighted by Gasteiger charge is -2.08. The summed E-state index contributed by atoms with van der Waals surface area (Å²) >= 11 is 0. The van der Waals surface area contributed by atoms with Crippen molar-refractivity contribution < 1.29 is 0 Å². The zero-order chi connectivity index (χ0) is 8.55. The number of anilines is 1. The van der Waals surface area contributed by atoms with Crippen molar-refractivity contribution in [3.8, 4) is 0 Å². The molecule has 0 saturated heterocycles. The molecule has 1 aliphatic rings. The predicted octanol–water partition coefficient (Wildman–Crippen LogP) is 2.71. The Kier molecular flexibility index (Phi) is 1.80. The number of hydrogen-bond donors (Lipinski definition) is 1. The Bertz CT molecular complexity index is 291. The van der Waals surface area contributed by atoms with Crippen molar-refractivity contribution in [1.82, 2.24) is 0 Å². The second kappa shape index (κ2) is 2.81. The van der Waals surface area contributed by atoms with Crippen molar-refractivity contribution >= 4 is 5.69 Å². The second-order valence-electron chi connectivity index (χ2n) is 3.60. The summed E-state index contributed by atoms with van der Waals surface area (Å²) in [6, 6.07) is 6.34. The van der Waals surface area contributed by atoms with E-state index >= 15 is 0 Å². The van der Waals surface area contributed by atoms with E-state index < -0.39 is 0 Å². The van der Waals surface area contributed by atoms with E-state index in [1.54, 1.807) is 0 Å². The number of nitrogens with two attached hydrogens (primary N) is 1. The zero-order valence-electron chi connectivity index (χ0n) is 7.51. The summed E-state index contributed by atoms with van der Waals surface area (Å²) in [7, 11) is 0. The van der Waals surface area contributed by atoms with Crippen LogP contribution in [0.1, 0.15) is 36.8 Å². The molecule has 1 atom stereocenters. The van der Waals surface area contributed by atoms with Gasteiger partial charge in [-0.1, -0.05) is 13.0 Å². The van der Waals surface area contributed by atoms with E-state index in [1.807, 2.05) is 6.07 Å². The average molecular weight is 161 g/mol. The van der Waals surface area contributed by atoms with Crippen LogP contribution in [-0.2, 0) is 6.42 Å². The van der Waals surface area contributed by atoms with Gasteiger partial charge in [0.2, 0.25) is 0 Å². The topological polar surface area (TPSA) is 26.0 Å². The maximum atomic E-state index is 5.75. The molecule has 0 saturated carbocycles. The molecule has 0 aromatic heterocycles. The van der Waals surface area contributed by atoms with Gasteiger partial charge >= 0.3 is 0 Å². The fraction of sp³-hybridized carbons (Fsp3) is 0.455. The lowest BCUT2D eigenvalue weighted by atomic mass is 9.98. The van der Waals surface area contributed by atoms with Crippen molar-refractivity contribution in [1.29, 1.82) is 0 Å². The minimum absolute atomic E-state index is 0.767. The number of rotatable bonds is 1. The molecular formula is C11H15N. The summed E-state index contributed by atoms with van der Waals surface area (Å²) < 4.78 is 0. The Labute approximate surface area is 73.6 Å². The highest BCUT2D eigenvalue weighted by Crippen LogP contribution is 2.36. The van der Waals surface area contributed by atoms with Gasteiger partial charge in [-0.3, -0.25) is 0 Å². The fourth-order valence-corrected chi connectivity index (χ4v) is 2.13. The molecule has 0 fully saturated rings. The first-order valence-corrected chi connectivity index (χ1v) is 4.69.